The minimum atomic E-state index is 0.00594. The first kappa shape index (κ1) is 18.1. The Kier molecular flexibility index (Phi) is 5.61. The van der Waals surface area contributed by atoms with Crippen molar-refractivity contribution < 1.29 is 4.79 Å². The number of allylic oxidation sites excluding steroid dienone is 1. The molecule has 3 rings (SSSR count). The standard InChI is InChI=1S/C22H27N3O/c1-2-6-18-14-19(21(24)15-20(18)23)22(26)25-11-9-17(10-12-25)13-16-7-4-3-5-8-16/h2-8,14-15,17H,9-13,23-24H2,1H3/b6-2-. The highest BCUT2D eigenvalue weighted by atomic mass is 16.2. The number of benzene rings is 2. The van der Waals surface area contributed by atoms with Crippen LogP contribution in [0.25, 0.3) is 6.08 Å². The van der Waals surface area contributed by atoms with E-state index in [4.69, 9.17) is 11.5 Å². The summed E-state index contributed by atoms with van der Waals surface area (Å²) in [6.07, 6.45) is 6.94. The molecule has 0 aliphatic carbocycles. The van der Waals surface area contributed by atoms with Gasteiger partial charge in [-0.1, -0.05) is 42.5 Å². The van der Waals surface area contributed by atoms with Gasteiger partial charge >= 0.3 is 0 Å². The van der Waals surface area contributed by atoms with E-state index < -0.39 is 0 Å². The molecule has 0 spiro atoms. The van der Waals surface area contributed by atoms with E-state index in [-0.39, 0.29) is 5.91 Å². The van der Waals surface area contributed by atoms with Crippen molar-refractivity contribution in [1.29, 1.82) is 0 Å². The Hall–Kier alpha value is -2.75. The zero-order valence-electron chi connectivity index (χ0n) is 15.3. The maximum absolute atomic E-state index is 12.9. The Labute approximate surface area is 155 Å². The van der Waals surface area contributed by atoms with Crippen molar-refractivity contribution in [2.24, 2.45) is 5.92 Å². The summed E-state index contributed by atoms with van der Waals surface area (Å²) in [4.78, 5) is 14.9. The van der Waals surface area contributed by atoms with Gasteiger partial charge in [0, 0.05) is 24.5 Å². The summed E-state index contributed by atoms with van der Waals surface area (Å²) in [5, 5.41) is 0. The summed E-state index contributed by atoms with van der Waals surface area (Å²) in [5.41, 5.74) is 15.9. The second kappa shape index (κ2) is 8.09. The highest BCUT2D eigenvalue weighted by molar-refractivity contribution is 6.00. The molecule has 1 aliphatic heterocycles. The Morgan fingerprint density at radius 3 is 2.46 bits per heavy atom. The molecule has 136 valence electrons. The number of piperidine rings is 1. The van der Waals surface area contributed by atoms with Gasteiger partial charge in [0.2, 0.25) is 0 Å². The third-order valence-electron chi connectivity index (χ3n) is 5.10. The average molecular weight is 349 g/mol. The van der Waals surface area contributed by atoms with Crippen LogP contribution in [0.4, 0.5) is 11.4 Å². The average Bonchev–Trinajstić information content (AvgIpc) is 2.65. The number of nitrogens with two attached hydrogens (primary N) is 2. The second-order valence-corrected chi connectivity index (χ2v) is 6.99. The first-order chi connectivity index (χ1) is 12.6. The molecule has 0 radical (unpaired) electrons. The van der Waals surface area contributed by atoms with Crippen LogP contribution in [0, 0.1) is 5.92 Å². The Morgan fingerprint density at radius 2 is 1.81 bits per heavy atom. The molecule has 1 aliphatic rings. The van der Waals surface area contributed by atoms with E-state index >= 15 is 0 Å². The third kappa shape index (κ3) is 4.07. The van der Waals surface area contributed by atoms with Crippen LogP contribution < -0.4 is 11.5 Å². The summed E-state index contributed by atoms with van der Waals surface area (Å²) in [7, 11) is 0. The highest BCUT2D eigenvalue weighted by Gasteiger charge is 2.25. The molecule has 1 fully saturated rings. The number of amides is 1. The second-order valence-electron chi connectivity index (χ2n) is 6.99. The lowest BCUT2D eigenvalue weighted by Gasteiger charge is -2.32. The normalized spacial score (nSPS) is 15.5. The summed E-state index contributed by atoms with van der Waals surface area (Å²) >= 11 is 0. The Morgan fingerprint density at radius 1 is 1.12 bits per heavy atom. The number of nitrogen functional groups attached to an aromatic ring is 2. The fourth-order valence-corrected chi connectivity index (χ4v) is 3.62. The molecule has 4 N–H and O–H groups in total. The van der Waals surface area contributed by atoms with Gasteiger partial charge in [0.15, 0.2) is 0 Å². The Bertz CT molecular complexity index is 791. The number of hydrogen-bond acceptors (Lipinski definition) is 3. The van der Waals surface area contributed by atoms with Crippen LogP contribution >= 0.6 is 0 Å². The molecular weight excluding hydrogens is 322 g/mol. The predicted molar refractivity (Wildman–Crippen MR) is 109 cm³/mol. The van der Waals surface area contributed by atoms with Crippen molar-refractivity contribution in [1.82, 2.24) is 4.90 Å². The summed E-state index contributed by atoms with van der Waals surface area (Å²) in [6, 6.07) is 14.1. The van der Waals surface area contributed by atoms with Crippen molar-refractivity contribution >= 4 is 23.4 Å². The van der Waals surface area contributed by atoms with Gasteiger partial charge in [-0.2, -0.15) is 0 Å². The van der Waals surface area contributed by atoms with Crippen LogP contribution in [0.1, 0.15) is 41.3 Å². The van der Waals surface area contributed by atoms with E-state index in [9.17, 15) is 4.79 Å². The van der Waals surface area contributed by atoms with E-state index in [1.807, 2.05) is 36.1 Å². The first-order valence-electron chi connectivity index (χ1n) is 9.23. The zero-order valence-corrected chi connectivity index (χ0v) is 15.3. The van der Waals surface area contributed by atoms with Crippen LogP contribution in [0.3, 0.4) is 0 Å². The van der Waals surface area contributed by atoms with Crippen LogP contribution in [0.15, 0.2) is 48.5 Å². The van der Waals surface area contributed by atoms with Gasteiger partial charge in [-0.3, -0.25) is 4.79 Å². The van der Waals surface area contributed by atoms with E-state index in [1.54, 1.807) is 6.07 Å². The van der Waals surface area contributed by atoms with E-state index in [2.05, 4.69) is 24.3 Å². The largest absolute Gasteiger partial charge is 0.398 e. The molecular formula is C22H27N3O. The summed E-state index contributed by atoms with van der Waals surface area (Å²) < 4.78 is 0. The van der Waals surface area contributed by atoms with Gasteiger partial charge < -0.3 is 16.4 Å². The smallest absolute Gasteiger partial charge is 0.255 e. The maximum atomic E-state index is 12.9. The minimum absolute atomic E-state index is 0.00594. The molecule has 4 nitrogen and oxygen atoms in total. The molecule has 1 heterocycles. The first-order valence-corrected chi connectivity index (χ1v) is 9.23. The molecule has 26 heavy (non-hydrogen) atoms. The zero-order chi connectivity index (χ0) is 18.5. The van der Waals surface area contributed by atoms with Crippen LogP contribution in [-0.2, 0) is 6.42 Å². The number of rotatable bonds is 4. The van der Waals surface area contributed by atoms with Crippen LogP contribution in [0.2, 0.25) is 0 Å². The van der Waals surface area contributed by atoms with Gasteiger partial charge in [-0.05, 0) is 55.4 Å². The summed E-state index contributed by atoms with van der Waals surface area (Å²) in [6.45, 7) is 3.48. The van der Waals surface area contributed by atoms with Gasteiger partial charge in [0.25, 0.3) is 5.91 Å². The summed E-state index contributed by atoms with van der Waals surface area (Å²) in [5.74, 6) is 0.634. The van der Waals surface area contributed by atoms with Gasteiger partial charge in [0.05, 0.1) is 5.56 Å². The van der Waals surface area contributed by atoms with Crippen molar-refractivity contribution in [2.45, 2.75) is 26.2 Å². The van der Waals surface area contributed by atoms with Crippen molar-refractivity contribution in [3.8, 4) is 0 Å². The number of anilines is 2. The van der Waals surface area contributed by atoms with Crippen LogP contribution in [0.5, 0.6) is 0 Å². The molecule has 0 saturated carbocycles. The quantitative estimate of drug-likeness (QED) is 0.820. The molecule has 0 unspecified atom stereocenters. The maximum Gasteiger partial charge on any atom is 0.255 e. The SMILES string of the molecule is C/C=C\c1cc(C(=O)N2CCC(Cc3ccccc3)CC2)c(N)cc1N. The van der Waals surface area contributed by atoms with E-state index in [1.165, 1.54) is 5.56 Å². The molecule has 0 bridgehead atoms. The highest BCUT2D eigenvalue weighted by Crippen LogP contribution is 2.27. The fraction of sp³-hybridized carbons (Fsp3) is 0.318. The molecule has 4 heteroatoms. The monoisotopic (exact) mass is 349 g/mol. The molecule has 0 aromatic heterocycles. The third-order valence-corrected chi connectivity index (χ3v) is 5.10. The lowest BCUT2D eigenvalue weighted by Crippen LogP contribution is -2.39. The molecule has 2 aromatic carbocycles. The Balaban J connectivity index is 1.66. The van der Waals surface area contributed by atoms with Crippen molar-refractivity contribution in [2.75, 3.05) is 24.6 Å². The van der Waals surface area contributed by atoms with Gasteiger partial charge in [-0.25, -0.2) is 0 Å². The van der Waals surface area contributed by atoms with Gasteiger partial charge in [0.1, 0.15) is 0 Å². The van der Waals surface area contributed by atoms with E-state index in [0.29, 0.717) is 22.9 Å². The molecule has 1 amide bonds. The van der Waals surface area contributed by atoms with Crippen LogP contribution in [-0.4, -0.2) is 23.9 Å². The minimum Gasteiger partial charge on any atom is -0.398 e. The molecule has 1 saturated heterocycles. The van der Waals surface area contributed by atoms with E-state index in [0.717, 1.165) is 37.9 Å². The topological polar surface area (TPSA) is 72.3 Å². The number of carbonyl (C=O) groups is 1. The number of likely N-dealkylation sites (tertiary alicyclic amines) is 1. The predicted octanol–water partition coefficient (Wildman–Crippen LogP) is 3.98. The lowest BCUT2D eigenvalue weighted by molar-refractivity contribution is 0.0691. The number of nitrogens with zero attached hydrogens (tertiary/aromatic N) is 1. The van der Waals surface area contributed by atoms with Crippen molar-refractivity contribution in [3.05, 3.63) is 65.2 Å². The number of hydrogen-bond donors (Lipinski definition) is 2. The lowest BCUT2D eigenvalue weighted by atomic mass is 9.90. The van der Waals surface area contributed by atoms with Crippen molar-refractivity contribution in [3.63, 3.8) is 0 Å². The molecule has 2 aromatic rings. The van der Waals surface area contributed by atoms with Gasteiger partial charge in [-0.15, -0.1) is 0 Å². The number of carbonyl (C=O) groups excluding carboxylic acids is 1. The fourth-order valence-electron chi connectivity index (χ4n) is 3.62. The molecule has 0 atom stereocenters.